The average Bonchev–Trinajstić information content (AvgIpc) is 2.30. The standard InChI is InChI=1S/C4H5O5P.Al.Fe.H2O4S.H2O/c5-10(6,7)9-4-2-1-3-8-4;;;1-5(2,3)4;/h1-3H,(H2,5,6,7);;;(H2,1,2,3,4);1H2/q;+3;+2;;/p-5. The van der Waals surface area contributed by atoms with E-state index in [9.17, 15) is 14.4 Å². The zero-order chi connectivity index (χ0) is 12.1. The predicted octanol–water partition coefficient (Wildman–Crippen LogP) is -2.41. The zero-order valence-corrected chi connectivity index (χ0v) is 12.1. The number of hydrogen-bond donors (Lipinski definition) is 0. The first kappa shape index (κ1) is 26.6. The molecule has 0 aromatic carbocycles. The van der Waals surface area contributed by atoms with Gasteiger partial charge in [0.1, 0.15) is 7.82 Å². The van der Waals surface area contributed by atoms with Crippen molar-refractivity contribution in [2.24, 2.45) is 0 Å². The number of hydrogen-bond acceptors (Lipinski definition) is 10. The van der Waals surface area contributed by atoms with Gasteiger partial charge in [-0.05, 0) is 6.07 Å². The van der Waals surface area contributed by atoms with Crippen LogP contribution in [0.25, 0.3) is 0 Å². The van der Waals surface area contributed by atoms with Gasteiger partial charge in [0.15, 0.2) is 0 Å². The van der Waals surface area contributed by atoms with Gasteiger partial charge >= 0.3 is 34.4 Å². The molecule has 1 N–H and O–H groups in total. The van der Waals surface area contributed by atoms with Crippen LogP contribution < -0.4 is 14.3 Å². The molecule has 102 valence electrons. The Morgan fingerprint density at radius 2 is 1.67 bits per heavy atom. The van der Waals surface area contributed by atoms with Crippen LogP contribution in [0.4, 0.5) is 0 Å². The molecule has 0 saturated heterocycles. The summed E-state index contributed by atoms with van der Waals surface area (Å²) in [6, 6.07) is 2.63. The minimum absolute atomic E-state index is 0. The Balaban J connectivity index is -0.000000109. The fraction of sp³-hybridized carbons (Fsp3) is 0. The fourth-order valence-corrected chi connectivity index (χ4v) is 0.750. The van der Waals surface area contributed by atoms with Gasteiger partial charge in [-0.3, -0.25) is 8.42 Å². The van der Waals surface area contributed by atoms with Crippen LogP contribution in [-0.2, 0) is 32.0 Å². The molecule has 1 rings (SSSR count). The van der Waals surface area contributed by atoms with Gasteiger partial charge in [-0.1, -0.05) is 0 Å². The van der Waals surface area contributed by atoms with Gasteiger partial charge in [0.05, 0.1) is 6.26 Å². The molecule has 0 aliphatic carbocycles. The van der Waals surface area contributed by atoms with Gasteiger partial charge in [0, 0.05) is 16.5 Å². The van der Waals surface area contributed by atoms with Crippen molar-refractivity contribution in [2.45, 2.75) is 0 Å². The summed E-state index contributed by atoms with van der Waals surface area (Å²) < 4.78 is 52.2. The molecule has 0 saturated carbocycles. The summed E-state index contributed by atoms with van der Waals surface area (Å²) >= 11 is 0. The number of phosphoric acid groups is 1. The van der Waals surface area contributed by atoms with Gasteiger partial charge in [-0.2, -0.15) is 0 Å². The average molecular weight is 358 g/mol. The second kappa shape index (κ2) is 11.0. The molecule has 14 heteroatoms. The molecule has 0 bridgehead atoms. The summed E-state index contributed by atoms with van der Waals surface area (Å²) in [5, 5.41) is 0. The third-order valence-corrected chi connectivity index (χ3v) is 1.10. The number of rotatable bonds is 2. The van der Waals surface area contributed by atoms with Crippen LogP contribution in [-0.4, -0.2) is 40.4 Å². The molecule has 1 heterocycles. The van der Waals surface area contributed by atoms with E-state index < -0.39 is 18.2 Å². The van der Waals surface area contributed by atoms with Crippen molar-refractivity contribution in [1.82, 2.24) is 0 Å². The van der Waals surface area contributed by atoms with Crippen molar-refractivity contribution in [3.63, 3.8) is 0 Å². The maximum atomic E-state index is 9.89. The van der Waals surface area contributed by atoms with Crippen molar-refractivity contribution >= 4 is 35.6 Å². The topological polar surface area (TPSA) is 196 Å². The Labute approximate surface area is 123 Å². The normalized spacial score (nSPS) is 9.56. The Morgan fingerprint density at radius 3 is 1.89 bits per heavy atom. The molecule has 0 amide bonds. The minimum atomic E-state index is -5.17. The molecule has 0 unspecified atom stereocenters. The van der Waals surface area contributed by atoms with Crippen LogP contribution in [0.2, 0.25) is 0 Å². The van der Waals surface area contributed by atoms with E-state index in [1.165, 1.54) is 18.4 Å². The molecule has 0 fully saturated rings. The first-order chi connectivity index (χ1) is 6.58. The van der Waals surface area contributed by atoms with Crippen LogP contribution in [0.3, 0.4) is 0 Å². The zero-order valence-electron chi connectivity index (χ0n) is 8.14. The predicted molar refractivity (Wildman–Crippen MR) is 45.1 cm³/mol. The maximum absolute atomic E-state index is 9.89. The van der Waals surface area contributed by atoms with E-state index in [-0.39, 0.29) is 45.9 Å². The van der Waals surface area contributed by atoms with Gasteiger partial charge in [0.25, 0.3) is 5.95 Å². The van der Waals surface area contributed by atoms with E-state index in [1.807, 2.05) is 0 Å². The Morgan fingerprint density at radius 1 is 1.28 bits per heavy atom. The van der Waals surface area contributed by atoms with Crippen molar-refractivity contribution in [3.05, 3.63) is 18.4 Å². The Bertz CT molecular complexity index is 417. The van der Waals surface area contributed by atoms with Gasteiger partial charge in [0.2, 0.25) is 0 Å². The fourth-order valence-electron chi connectivity index (χ4n) is 0.426. The van der Waals surface area contributed by atoms with Gasteiger partial charge < -0.3 is 37.9 Å². The number of furan rings is 1. The molecule has 10 nitrogen and oxygen atoms in total. The molecule has 1 aromatic rings. The first-order valence-electron chi connectivity index (χ1n) is 3.00. The van der Waals surface area contributed by atoms with Crippen molar-refractivity contribution < 1.29 is 63.4 Å². The third-order valence-electron chi connectivity index (χ3n) is 0.697. The molecule has 0 atom stereocenters. The van der Waals surface area contributed by atoms with E-state index in [2.05, 4.69) is 8.94 Å². The third kappa shape index (κ3) is 25.1. The quantitative estimate of drug-likeness (QED) is 0.237. The van der Waals surface area contributed by atoms with Crippen LogP contribution >= 0.6 is 7.82 Å². The maximum Gasteiger partial charge on any atom is 3.00 e. The van der Waals surface area contributed by atoms with Crippen molar-refractivity contribution in [2.75, 3.05) is 0 Å². The first-order valence-corrected chi connectivity index (χ1v) is 5.79. The monoisotopic (exact) mass is 358 g/mol. The van der Waals surface area contributed by atoms with Crippen LogP contribution in [0.5, 0.6) is 5.95 Å². The smallest absolute Gasteiger partial charge is 0.870 e. The molecule has 0 aliphatic heterocycles. The van der Waals surface area contributed by atoms with Crippen LogP contribution in [0.15, 0.2) is 22.8 Å². The number of phosphoric ester groups is 1. The summed E-state index contributed by atoms with van der Waals surface area (Å²) in [7, 11) is -10.1. The Hall–Kier alpha value is 0.112. The molecule has 1 aromatic heterocycles. The molecule has 18 heavy (non-hydrogen) atoms. The van der Waals surface area contributed by atoms with E-state index in [0.717, 1.165) is 0 Å². The molecular formula is C4H4AlFeO10PS. The summed E-state index contributed by atoms with van der Waals surface area (Å²) in [6.45, 7) is 0. The minimum Gasteiger partial charge on any atom is -0.870 e. The summed E-state index contributed by atoms with van der Waals surface area (Å²) in [6.07, 6.45) is 1.20. The molecule has 0 aliphatic rings. The largest absolute Gasteiger partial charge is 3.00 e. The molecular weight excluding hydrogens is 354 g/mol. The van der Waals surface area contributed by atoms with Gasteiger partial charge in [-0.25, -0.2) is 0 Å². The van der Waals surface area contributed by atoms with E-state index in [4.69, 9.17) is 17.5 Å². The second-order valence-electron chi connectivity index (χ2n) is 1.88. The van der Waals surface area contributed by atoms with E-state index in [1.54, 1.807) is 0 Å². The molecule has 0 spiro atoms. The van der Waals surface area contributed by atoms with E-state index in [0.29, 0.717) is 0 Å². The van der Waals surface area contributed by atoms with Crippen LogP contribution in [0.1, 0.15) is 0 Å². The van der Waals surface area contributed by atoms with Crippen LogP contribution in [0, 0.1) is 0 Å². The summed E-state index contributed by atoms with van der Waals surface area (Å²) in [5.74, 6) is -0.312. The SMILES string of the molecule is O=P([O-])([O-])Oc1ccco1.O=S(=O)([O-])[O-].[Al+3].[Fe+2].[OH-]. The van der Waals surface area contributed by atoms with Gasteiger partial charge in [-0.15, -0.1) is 0 Å². The van der Waals surface area contributed by atoms with E-state index >= 15 is 0 Å². The summed E-state index contributed by atoms with van der Waals surface area (Å²) in [5.41, 5.74) is 0. The summed E-state index contributed by atoms with van der Waals surface area (Å²) in [4.78, 5) is 19.8. The Kier molecular flexibility index (Phi) is 16.2. The molecule has 0 radical (unpaired) electrons. The van der Waals surface area contributed by atoms with Crippen molar-refractivity contribution in [3.8, 4) is 5.95 Å². The van der Waals surface area contributed by atoms with Crippen molar-refractivity contribution in [1.29, 1.82) is 0 Å². The second-order valence-corrected chi connectivity index (χ2v) is 3.77.